The lowest BCUT2D eigenvalue weighted by molar-refractivity contribution is -0.991. The number of hydrogen-bond acceptors (Lipinski definition) is 5. The van der Waals surface area contributed by atoms with Gasteiger partial charge in [0.05, 0.1) is 12.6 Å². The lowest BCUT2D eigenvalue weighted by Crippen LogP contribution is -2.74. The number of nitrogens with zero attached hydrogens (tertiary/aromatic N) is 1. The molecule has 9 heteroatoms. The van der Waals surface area contributed by atoms with E-state index in [2.05, 4.69) is 10.7 Å². The van der Waals surface area contributed by atoms with Crippen LogP contribution < -0.4 is 10.7 Å². The molecule has 1 heterocycles. The Morgan fingerprint density at radius 3 is 2.22 bits per heavy atom. The fourth-order valence-electron chi connectivity index (χ4n) is 4.45. The van der Waals surface area contributed by atoms with E-state index in [9.17, 15) is 24.6 Å². The Kier molecular flexibility index (Phi) is 10.4. The van der Waals surface area contributed by atoms with Gasteiger partial charge >= 0.3 is 18.0 Å². The second-order valence-corrected chi connectivity index (χ2v) is 10.6. The minimum atomic E-state index is -0.993. The van der Waals surface area contributed by atoms with Crippen LogP contribution in [0.2, 0.25) is 0 Å². The minimum Gasteiger partial charge on any atom is -0.480 e. The van der Waals surface area contributed by atoms with Crippen molar-refractivity contribution in [1.82, 2.24) is 10.7 Å². The van der Waals surface area contributed by atoms with Crippen molar-refractivity contribution in [2.24, 2.45) is 11.8 Å². The van der Waals surface area contributed by atoms with Gasteiger partial charge in [0.1, 0.15) is 12.1 Å². The summed E-state index contributed by atoms with van der Waals surface area (Å²) in [7, 11) is 0. The molecule has 1 aliphatic rings. The third-order valence-electron chi connectivity index (χ3n) is 6.06. The third kappa shape index (κ3) is 8.58. The van der Waals surface area contributed by atoms with Crippen molar-refractivity contribution < 1.29 is 33.9 Å². The van der Waals surface area contributed by atoms with Gasteiger partial charge in [-0.25, -0.2) is 14.2 Å². The lowest BCUT2D eigenvalue weighted by Gasteiger charge is -2.48. The highest BCUT2D eigenvalue weighted by atomic mass is 16.6. The largest absolute Gasteiger partial charge is 0.480 e. The molecule has 1 amide bonds. The van der Waals surface area contributed by atoms with E-state index in [-0.39, 0.29) is 29.0 Å². The van der Waals surface area contributed by atoms with Crippen LogP contribution in [0.15, 0.2) is 0 Å². The fourth-order valence-corrected chi connectivity index (χ4v) is 4.45. The van der Waals surface area contributed by atoms with Gasteiger partial charge < -0.3 is 20.3 Å². The quantitative estimate of drug-likeness (QED) is 0.350. The van der Waals surface area contributed by atoms with E-state index in [1.807, 2.05) is 27.7 Å². The zero-order chi connectivity index (χ0) is 24.7. The Morgan fingerprint density at radius 1 is 1.12 bits per heavy atom. The van der Waals surface area contributed by atoms with Crippen molar-refractivity contribution >= 4 is 18.0 Å². The van der Waals surface area contributed by atoms with Crippen LogP contribution in [0, 0.1) is 11.8 Å². The Labute approximate surface area is 192 Å². The molecule has 1 rings (SSSR count). The Hall–Kier alpha value is -1.87. The van der Waals surface area contributed by atoms with Crippen LogP contribution in [-0.4, -0.2) is 69.7 Å². The molecule has 5 atom stereocenters. The maximum atomic E-state index is 12.5. The number of carboxylic acid groups (broad SMARTS) is 2. The molecule has 0 aromatic heterocycles. The molecule has 0 aromatic rings. The van der Waals surface area contributed by atoms with Gasteiger partial charge in [0, 0.05) is 6.42 Å². The number of hydrogen-bond donors (Lipinski definition) is 4. The minimum absolute atomic E-state index is 0.0657. The van der Waals surface area contributed by atoms with Gasteiger partial charge in [-0.3, -0.25) is 4.79 Å². The van der Waals surface area contributed by atoms with E-state index in [0.29, 0.717) is 25.8 Å². The van der Waals surface area contributed by atoms with Crippen LogP contribution in [0.5, 0.6) is 0 Å². The summed E-state index contributed by atoms with van der Waals surface area (Å²) in [6.45, 7) is 14.0. The fraction of sp³-hybridized carbons (Fsp3) is 0.870. The predicted molar refractivity (Wildman–Crippen MR) is 122 cm³/mol. The van der Waals surface area contributed by atoms with Crippen molar-refractivity contribution in [1.29, 1.82) is 0 Å². The van der Waals surface area contributed by atoms with Crippen LogP contribution in [0.25, 0.3) is 0 Å². The maximum Gasteiger partial charge on any atom is 0.408 e. The molecule has 186 valence electrons. The summed E-state index contributed by atoms with van der Waals surface area (Å²) in [5.74, 6) is -1.88. The first kappa shape index (κ1) is 28.2. The number of carboxylic acids is 2. The SMILES string of the molecule is CC[C@H](C)[C@H](N[N+]1(C[C@H](CC(C)C)NC(=O)OC(C)(C)C)CCCC[C@H]1C(=O)O)C(=O)O. The van der Waals surface area contributed by atoms with E-state index >= 15 is 0 Å². The number of alkyl carbamates (subject to hydrolysis) is 1. The molecular weight excluding hydrogens is 414 g/mol. The number of carbonyl (C=O) groups is 3. The first-order valence-electron chi connectivity index (χ1n) is 11.8. The molecule has 1 unspecified atom stereocenters. The first-order chi connectivity index (χ1) is 14.7. The summed E-state index contributed by atoms with van der Waals surface area (Å²) >= 11 is 0. The van der Waals surface area contributed by atoms with Crippen molar-refractivity contribution in [2.45, 2.75) is 104 Å². The normalized spacial score (nSPS) is 24.4. The Morgan fingerprint density at radius 2 is 1.75 bits per heavy atom. The smallest absolute Gasteiger partial charge is 0.408 e. The Balaban J connectivity index is 3.31. The molecule has 32 heavy (non-hydrogen) atoms. The van der Waals surface area contributed by atoms with E-state index in [1.165, 1.54) is 0 Å². The molecule has 1 fully saturated rings. The van der Waals surface area contributed by atoms with E-state index in [4.69, 9.17) is 4.74 Å². The zero-order valence-electron chi connectivity index (χ0n) is 20.8. The number of aliphatic carboxylic acids is 2. The number of likely N-dealkylation sites (tertiary alicyclic amines) is 1. The summed E-state index contributed by atoms with van der Waals surface area (Å²) in [6.07, 6.45) is 2.72. The van der Waals surface area contributed by atoms with Gasteiger partial charge in [0.2, 0.25) is 6.04 Å². The monoisotopic (exact) mass is 458 g/mol. The number of quaternary nitrogens is 1. The van der Waals surface area contributed by atoms with Gasteiger partial charge in [0.15, 0.2) is 6.04 Å². The van der Waals surface area contributed by atoms with Gasteiger partial charge in [-0.2, -0.15) is 5.43 Å². The zero-order valence-corrected chi connectivity index (χ0v) is 20.8. The van der Waals surface area contributed by atoms with Gasteiger partial charge in [-0.05, 0) is 51.9 Å². The number of carbonyl (C=O) groups excluding carboxylic acids is 1. The summed E-state index contributed by atoms with van der Waals surface area (Å²) < 4.78 is 5.37. The second-order valence-electron chi connectivity index (χ2n) is 10.6. The highest BCUT2D eigenvalue weighted by Crippen LogP contribution is 2.28. The Bertz CT molecular complexity index is 648. The molecule has 0 bridgehead atoms. The third-order valence-corrected chi connectivity index (χ3v) is 6.06. The molecule has 0 spiro atoms. The lowest BCUT2D eigenvalue weighted by atomic mass is 9.95. The number of ether oxygens (including phenoxy) is 1. The van der Waals surface area contributed by atoms with Crippen molar-refractivity contribution in [3.63, 3.8) is 0 Å². The maximum absolute atomic E-state index is 12.5. The highest BCUT2D eigenvalue weighted by molar-refractivity contribution is 5.74. The molecule has 9 nitrogen and oxygen atoms in total. The van der Waals surface area contributed by atoms with Gasteiger partial charge in [-0.15, -0.1) is 0 Å². The van der Waals surface area contributed by atoms with Crippen molar-refractivity contribution in [3.8, 4) is 0 Å². The molecule has 0 radical (unpaired) electrons. The topological polar surface area (TPSA) is 125 Å². The summed E-state index contributed by atoms with van der Waals surface area (Å²) in [6, 6.07) is -2.05. The highest BCUT2D eigenvalue weighted by Gasteiger charge is 2.49. The molecule has 1 aliphatic heterocycles. The van der Waals surface area contributed by atoms with Crippen molar-refractivity contribution in [3.05, 3.63) is 0 Å². The van der Waals surface area contributed by atoms with Gasteiger partial charge in [0.25, 0.3) is 0 Å². The number of nitrogens with one attached hydrogen (secondary N) is 2. The second kappa shape index (κ2) is 11.8. The van der Waals surface area contributed by atoms with Crippen LogP contribution >= 0.6 is 0 Å². The molecule has 0 saturated carbocycles. The van der Waals surface area contributed by atoms with E-state index in [1.54, 1.807) is 20.8 Å². The van der Waals surface area contributed by atoms with E-state index in [0.717, 1.165) is 12.8 Å². The molecule has 0 aromatic carbocycles. The van der Waals surface area contributed by atoms with Gasteiger partial charge in [-0.1, -0.05) is 34.1 Å². The van der Waals surface area contributed by atoms with Crippen LogP contribution in [0.4, 0.5) is 4.79 Å². The number of piperidine rings is 1. The predicted octanol–water partition coefficient (Wildman–Crippen LogP) is 3.38. The summed E-state index contributed by atoms with van der Waals surface area (Å²) in [4.78, 5) is 36.9. The number of rotatable bonds is 11. The average Bonchev–Trinajstić information content (AvgIpc) is 2.63. The van der Waals surface area contributed by atoms with Crippen molar-refractivity contribution in [2.75, 3.05) is 13.1 Å². The average molecular weight is 459 g/mol. The molecule has 0 aliphatic carbocycles. The standard InChI is InChI=1S/C23H43N3O6/c1-8-16(4)19(21(29)30)25-26(12-10-9-11-18(26)20(27)28)14-17(13-15(2)3)24-22(31)32-23(5,6)7/h15-19,25H,8-14H2,1-7H3,(H2-,24,27,28,29,30,31)/p+1/t16-,17-,18-,19-,26?/m0/s1. The molecule has 1 saturated heterocycles. The summed E-state index contributed by atoms with van der Waals surface area (Å²) in [5, 5.41) is 22.8. The van der Waals surface area contributed by atoms with E-state index < -0.39 is 35.7 Å². The molecular formula is C23H44N3O6+. The van der Waals surface area contributed by atoms with Crippen LogP contribution in [0.3, 0.4) is 0 Å². The first-order valence-corrected chi connectivity index (χ1v) is 11.8. The van der Waals surface area contributed by atoms with Crippen LogP contribution in [-0.2, 0) is 14.3 Å². The summed E-state index contributed by atoms with van der Waals surface area (Å²) in [5.41, 5.74) is 2.59. The molecule has 4 N–H and O–H groups in total. The van der Waals surface area contributed by atoms with Crippen LogP contribution in [0.1, 0.15) is 80.6 Å². The number of amides is 1.